The molecule has 1 N–H and O–H groups in total. The van der Waals surface area contributed by atoms with E-state index in [1.807, 2.05) is 0 Å². The molecule has 0 amide bonds. The van der Waals surface area contributed by atoms with Crippen LogP contribution in [0.1, 0.15) is 57.0 Å². The number of methoxy groups -OCH3 is 1. The molecule has 0 atom stereocenters. The molecule has 0 aliphatic carbocycles. The summed E-state index contributed by atoms with van der Waals surface area (Å²) in [6.45, 7) is 10.3. The van der Waals surface area contributed by atoms with Gasteiger partial charge in [-0.2, -0.15) is 0 Å². The minimum Gasteiger partial charge on any atom is -0.391 e. The first-order valence-electron chi connectivity index (χ1n) is 7.44. The standard InChI is InChI=1S/C15H28N2O2S/c1-6-12(7-2)17(8-9-19-5)15-16-14(11(3)4)13(10-18)20-15/h11-12,18H,6-10H2,1-5H3. The molecule has 0 unspecified atom stereocenters. The van der Waals surface area contributed by atoms with Gasteiger partial charge in [0, 0.05) is 19.7 Å². The molecular weight excluding hydrogens is 272 g/mol. The van der Waals surface area contributed by atoms with E-state index in [-0.39, 0.29) is 6.61 Å². The summed E-state index contributed by atoms with van der Waals surface area (Å²) in [5.74, 6) is 0.341. The monoisotopic (exact) mass is 300 g/mol. The van der Waals surface area contributed by atoms with Gasteiger partial charge in [-0.15, -0.1) is 0 Å². The van der Waals surface area contributed by atoms with E-state index in [9.17, 15) is 5.11 Å². The Morgan fingerprint density at radius 1 is 1.30 bits per heavy atom. The number of rotatable bonds is 9. The second-order valence-electron chi connectivity index (χ2n) is 5.27. The number of aliphatic hydroxyl groups excluding tert-OH is 1. The SMILES string of the molecule is CCC(CC)N(CCOC)c1nc(C(C)C)c(CO)s1. The minimum absolute atomic E-state index is 0.0756. The second kappa shape index (κ2) is 8.60. The first kappa shape index (κ1) is 17.4. The number of hydrogen-bond donors (Lipinski definition) is 1. The summed E-state index contributed by atoms with van der Waals surface area (Å²) in [4.78, 5) is 8.10. The summed E-state index contributed by atoms with van der Waals surface area (Å²) >= 11 is 1.61. The van der Waals surface area contributed by atoms with E-state index < -0.39 is 0 Å². The van der Waals surface area contributed by atoms with Gasteiger partial charge in [0.25, 0.3) is 0 Å². The lowest BCUT2D eigenvalue weighted by atomic mass is 10.1. The van der Waals surface area contributed by atoms with E-state index in [0.717, 1.165) is 35.1 Å². The van der Waals surface area contributed by atoms with Crippen molar-refractivity contribution in [1.29, 1.82) is 0 Å². The molecule has 0 saturated heterocycles. The van der Waals surface area contributed by atoms with Crippen molar-refractivity contribution >= 4 is 16.5 Å². The van der Waals surface area contributed by atoms with Crippen LogP contribution in [-0.2, 0) is 11.3 Å². The smallest absolute Gasteiger partial charge is 0.186 e. The Kier molecular flexibility index (Phi) is 7.48. The van der Waals surface area contributed by atoms with Gasteiger partial charge in [0.15, 0.2) is 5.13 Å². The topological polar surface area (TPSA) is 45.6 Å². The van der Waals surface area contributed by atoms with Crippen LogP contribution in [0.25, 0.3) is 0 Å². The van der Waals surface area contributed by atoms with E-state index in [4.69, 9.17) is 9.72 Å². The fourth-order valence-corrected chi connectivity index (χ4v) is 3.56. The zero-order valence-electron chi connectivity index (χ0n) is 13.3. The van der Waals surface area contributed by atoms with Crippen molar-refractivity contribution in [3.8, 4) is 0 Å². The van der Waals surface area contributed by atoms with E-state index in [1.54, 1.807) is 18.4 Å². The lowest BCUT2D eigenvalue weighted by Crippen LogP contribution is -2.37. The molecule has 0 fully saturated rings. The third kappa shape index (κ3) is 4.17. The maximum absolute atomic E-state index is 9.52. The van der Waals surface area contributed by atoms with Gasteiger partial charge in [-0.05, 0) is 18.8 Å². The quantitative estimate of drug-likeness (QED) is 0.759. The Labute approximate surface area is 126 Å². The number of nitrogens with zero attached hydrogens (tertiary/aromatic N) is 2. The molecular formula is C15H28N2O2S. The molecule has 116 valence electrons. The van der Waals surface area contributed by atoms with Crippen LogP contribution in [-0.4, -0.2) is 36.4 Å². The van der Waals surface area contributed by atoms with Gasteiger partial charge in [-0.3, -0.25) is 0 Å². The van der Waals surface area contributed by atoms with Crippen molar-refractivity contribution in [2.45, 2.75) is 59.1 Å². The van der Waals surface area contributed by atoms with Gasteiger partial charge < -0.3 is 14.7 Å². The summed E-state index contributed by atoms with van der Waals surface area (Å²) in [7, 11) is 1.73. The van der Waals surface area contributed by atoms with Crippen molar-refractivity contribution in [3.63, 3.8) is 0 Å². The van der Waals surface area contributed by atoms with Crippen molar-refractivity contribution in [3.05, 3.63) is 10.6 Å². The molecule has 0 spiro atoms. The maximum atomic E-state index is 9.52. The third-order valence-corrected chi connectivity index (χ3v) is 4.67. The van der Waals surface area contributed by atoms with Gasteiger partial charge in [0.1, 0.15) is 0 Å². The highest BCUT2D eigenvalue weighted by atomic mass is 32.1. The van der Waals surface area contributed by atoms with Crippen molar-refractivity contribution < 1.29 is 9.84 Å². The molecule has 1 aromatic rings. The molecule has 1 heterocycles. The van der Waals surface area contributed by atoms with Gasteiger partial charge in [-0.1, -0.05) is 39.0 Å². The van der Waals surface area contributed by atoms with Gasteiger partial charge >= 0.3 is 0 Å². The first-order chi connectivity index (χ1) is 9.58. The van der Waals surface area contributed by atoms with Crippen molar-refractivity contribution in [2.24, 2.45) is 0 Å². The lowest BCUT2D eigenvalue weighted by Gasteiger charge is -2.30. The minimum atomic E-state index is 0.0756. The molecule has 4 nitrogen and oxygen atoms in total. The predicted molar refractivity (Wildman–Crippen MR) is 85.7 cm³/mol. The number of ether oxygens (including phenoxy) is 1. The number of thiazole rings is 1. The molecule has 0 bridgehead atoms. The Morgan fingerprint density at radius 2 is 1.95 bits per heavy atom. The number of aliphatic hydroxyl groups is 1. The van der Waals surface area contributed by atoms with Crippen molar-refractivity contribution in [1.82, 2.24) is 4.98 Å². The summed E-state index contributed by atoms with van der Waals surface area (Å²) in [6, 6.07) is 0.475. The lowest BCUT2D eigenvalue weighted by molar-refractivity contribution is 0.202. The predicted octanol–water partition coefficient (Wildman–Crippen LogP) is 3.40. The number of anilines is 1. The summed E-state index contributed by atoms with van der Waals surface area (Å²) in [6.07, 6.45) is 2.18. The average Bonchev–Trinajstić information content (AvgIpc) is 2.87. The molecule has 0 aromatic carbocycles. The highest BCUT2D eigenvalue weighted by molar-refractivity contribution is 7.15. The van der Waals surface area contributed by atoms with E-state index in [0.29, 0.717) is 18.6 Å². The number of hydrogen-bond acceptors (Lipinski definition) is 5. The molecule has 0 radical (unpaired) electrons. The highest BCUT2D eigenvalue weighted by Gasteiger charge is 2.22. The first-order valence-corrected chi connectivity index (χ1v) is 8.26. The van der Waals surface area contributed by atoms with Gasteiger partial charge in [-0.25, -0.2) is 4.98 Å². The molecule has 0 aliphatic rings. The summed E-state index contributed by atoms with van der Waals surface area (Å²) in [5, 5.41) is 10.5. The molecule has 20 heavy (non-hydrogen) atoms. The summed E-state index contributed by atoms with van der Waals surface area (Å²) < 4.78 is 5.23. The van der Waals surface area contributed by atoms with Gasteiger partial charge in [0.2, 0.25) is 0 Å². The zero-order chi connectivity index (χ0) is 15.1. The fraction of sp³-hybridized carbons (Fsp3) is 0.800. The van der Waals surface area contributed by atoms with Crippen LogP contribution in [0.4, 0.5) is 5.13 Å². The Morgan fingerprint density at radius 3 is 2.35 bits per heavy atom. The van der Waals surface area contributed by atoms with Crippen LogP contribution < -0.4 is 4.90 Å². The molecule has 1 rings (SSSR count). The van der Waals surface area contributed by atoms with Crippen LogP contribution in [0.2, 0.25) is 0 Å². The molecule has 5 heteroatoms. The van der Waals surface area contributed by atoms with Gasteiger partial charge in [0.05, 0.1) is 23.8 Å². The maximum Gasteiger partial charge on any atom is 0.186 e. The Bertz CT molecular complexity index is 389. The summed E-state index contributed by atoms with van der Waals surface area (Å²) in [5.41, 5.74) is 1.03. The van der Waals surface area contributed by atoms with Crippen LogP contribution >= 0.6 is 11.3 Å². The van der Waals surface area contributed by atoms with Crippen LogP contribution in [0, 0.1) is 0 Å². The highest BCUT2D eigenvalue weighted by Crippen LogP contribution is 2.32. The zero-order valence-corrected chi connectivity index (χ0v) is 14.2. The third-order valence-electron chi connectivity index (χ3n) is 3.57. The Hall–Kier alpha value is -0.650. The van der Waals surface area contributed by atoms with E-state index in [1.165, 1.54) is 0 Å². The van der Waals surface area contributed by atoms with E-state index >= 15 is 0 Å². The van der Waals surface area contributed by atoms with Crippen LogP contribution in [0.5, 0.6) is 0 Å². The molecule has 0 aliphatic heterocycles. The normalized spacial score (nSPS) is 11.6. The van der Waals surface area contributed by atoms with Crippen molar-refractivity contribution in [2.75, 3.05) is 25.2 Å². The Balaban J connectivity index is 3.06. The van der Waals surface area contributed by atoms with Crippen LogP contribution in [0.15, 0.2) is 0 Å². The molecule has 0 saturated carbocycles. The number of aromatic nitrogens is 1. The van der Waals surface area contributed by atoms with E-state index in [2.05, 4.69) is 32.6 Å². The largest absolute Gasteiger partial charge is 0.391 e. The fourth-order valence-electron chi connectivity index (χ4n) is 2.39. The van der Waals surface area contributed by atoms with Crippen LogP contribution in [0.3, 0.4) is 0 Å². The second-order valence-corrected chi connectivity index (χ2v) is 6.34. The average molecular weight is 300 g/mol. The molecule has 1 aromatic heterocycles.